The molecule has 0 saturated carbocycles. The van der Waals surface area contributed by atoms with Crippen molar-refractivity contribution in [1.82, 2.24) is 25.0 Å². The zero-order valence-electron chi connectivity index (χ0n) is 14.4. The molecule has 0 aliphatic heterocycles. The van der Waals surface area contributed by atoms with Gasteiger partial charge in [-0.2, -0.15) is 14.9 Å². The maximum Gasteiger partial charge on any atom is 0.229 e. The summed E-state index contributed by atoms with van der Waals surface area (Å²) >= 11 is 0. The van der Waals surface area contributed by atoms with E-state index in [4.69, 9.17) is 11.0 Å². The molecular weight excluding hydrogens is 340 g/mol. The highest BCUT2D eigenvalue weighted by Gasteiger charge is 2.11. The topological polar surface area (TPSA) is 118 Å². The quantitative estimate of drug-likeness (QED) is 0.564. The van der Waals surface area contributed by atoms with Crippen LogP contribution in [0.15, 0.2) is 54.7 Å². The zero-order chi connectivity index (χ0) is 18.6. The third-order valence-corrected chi connectivity index (χ3v) is 4.08. The smallest absolute Gasteiger partial charge is 0.229 e. The Morgan fingerprint density at radius 3 is 2.74 bits per heavy atom. The van der Waals surface area contributed by atoms with Crippen molar-refractivity contribution in [3.63, 3.8) is 0 Å². The van der Waals surface area contributed by atoms with Crippen LogP contribution >= 0.6 is 0 Å². The summed E-state index contributed by atoms with van der Waals surface area (Å²) < 4.78 is 1.64. The molecule has 2 heterocycles. The van der Waals surface area contributed by atoms with Crippen LogP contribution in [0.1, 0.15) is 11.1 Å². The molecule has 0 bridgehead atoms. The summed E-state index contributed by atoms with van der Waals surface area (Å²) in [6.07, 6.45) is 1.96. The second-order valence-electron chi connectivity index (χ2n) is 5.93. The van der Waals surface area contributed by atoms with E-state index in [9.17, 15) is 0 Å². The molecule has 3 N–H and O–H groups in total. The fourth-order valence-corrected chi connectivity index (χ4v) is 2.71. The Balaban J connectivity index is 1.68. The summed E-state index contributed by atoms with van der Waals surface area (Å²) in [7, 11) is 0. The summed E-state index contributed by atoms with van der Waals surface area (Å²) in [5, 5.41) is 20.4. The van der Waals surface area contributed by atoms with Crippen LogP contribution in [0.2, 0.25) is 0 Å². The summed E-state index contributed by atoms with van der Waals surface area (Å²) in [6.45, 7) is 0.498. The van der Waals surface area contributed by atoms with Gasteiger partial charge >= 0.3 is 0 Å². The van der Waals surface area contributed by atoms with E-state index in [1.807, 2.05) is 48.5 Å². The number of nitrogens with one attached hydrogen (secondary N) is 1. The molecule has 2 aromatic heterocycles. The van der Waals surface area contributed by atoms with Crippen LogP contribution in [-0.4, -0.2) is 25.0 Å². The monoisotopic (exact) mass is 356 g/mol. The van der Waals surface area contributed by atoms with Gasteiger partial charge in [0.25, 0.3) is 0 Å². The molecule has 0 fully saturated rings. The Bertz CT molecular complexity index is 1120. The number of aromatic nitrogens is 5. The minimum absolute atomic E-state index is 0.334. The molecule has 27 heavy (non-hydrogen) atoms. The van der Waals surface area contributed by atoms with Crippen molar-refractivity contribution in [2.45, 2.75) is 13.0 Å². The van der Waals surface area contributed by atoms with E-state index in [1.165, 1.54) is 0 Å². The Kier molecular flexibility index (Phi) is 4.43. The number of hydrogen-bond acceptors (Lipinski definition) is 7. The molecule has 0 amide bonds. The van der Waals surface area contributed by atoms with Crippen molar-refractivity contribution < 1.29 is 0 Å². The summed E-state index contributed by atoms with van der Waals surface area (Å²) in [5.41, 5.74) is 10.4. The number of fused-ring (bicyclic) bond motifs is 1. The molecule has 0 atom stereocenters. The van der Waals surface area contributed by atoms with Crippen LogP contribution in [0, 0.1) is 11.3 Å². The zero-order valence-corrected chi connectivity index (χ0v) is 14.4. The Hall–Kier alpha value is -3.83. The molecule has 4 aromatic rings. The molecule has 0 aliphatic rings. The second kappa shape index (κ2) is 7.19. The first kappa shape index (κ1) is 16.6. The van der Waals surface area contributed by atoms with Gasteiger partial charge in [0.05, 0.1) is 24.4 Å². The largest absolute Gasteiger partial charge is 0.326 e. The van der Waals surface area contributed by atoms with Gasteiger partial charge in [-0.05, 0) is 35.4 Å². The standard InChI is InChI=1S/C19H16N8/c20-9-8-13-2-1-3-16(10-13)27-18-17(25-26-27)12-22-19(24-18)23-15-6-4-14(11-21)5-7-15/h1-7,10,12H,8,11,21H2,(H,22,23,24). The van der Waals surface area contributed by atoms with E-state index in [0.717, 1.165) is 22.5 Å². The van der Waals surface area contributed by atoms with Crippen LogP contribution in [0.4, 0.5) is 11.6 Å². The van der Waals surface area contributed by atoms with Crippen molar-refractivity contribution >= 4 is 22.8 Å². The highest BCUT2D eigenvalue weighted by Crippen LogP contribution is 2.19. The van der Waals surface area contributed by atoms with Gasteiger partial charge in [0, 0.05) is 12.2 Å². The molecule has 4 rings (SSSR count). The molecule has 0 saturated heterocycles. The molecule has 8 heteroatoms. The first-order valence-corrected chi connectivity index (χ1v) is 8.37. The third-order valence-electron chi connectivity index (χ3n) is 4.08. The number of nitriles is 1. The van der Waals surface area contributed by atoms with Crippen LogP contribution in [0.5, 0.6) is 0 Å². The molecule has 0 aliphatic carbocycles. The predicted octanol–water partition coefficient (Wildman–Crippen LogP) is 2.48. The molecule has 0 spiro atoms. The maximum atomic E-state index is 8.90. The highest BCUT2D eigenvalue weighted by atomic mass is 15.4. The lowest BCUT2D eigenvalue weighted by Crippen LogP contribution is -2.02. The van der Waals surface area contributed by atoms with E-state index in [1.54, 1.807) is 10.9 Å². The first-order chi connectivity index (χ1) is 13.3. The molecule has 2 aromatic carbocycles. The van der Waals surface area contributed by atoms with E-state index in [0.29, 0.717) is 30.1 Å². The lowest BCUT2D eigenvalue weighted by molar-refractivity contribution is 0.816. The van der Waals surface area contributed by atoms with Gasteiger partial charge < -0.3 is 11.1 Å². The molecular formula is C19H16N8. The van der Waals surface area contributed by atoms with Crippen LogP contribution in [0.3, 0.4) is 0 Å². The van der Waals surface area contributed by atoms with Crippen LogP contribution in [0.25, 0.3) is 16.9 Å². The van der Waals surface area contributed by atoms with Gasteiger partial charge in [0.1, 0.15) is 0 Å². The average molecular weight is 356 g/mol. The highest BCUT2D eigenvalue weighted by molar-refractivity contribution is 5.72. The Morgan fingerprint density at radius 1 is 1.11 bits per heavy atom. The van der Waals surface area contributed by atoms with E-state index < -0.39 is 0 Å². The van der Waals surface area contributed by atoms with Gasteiger partial charge in [-0.15, -0.1) is 5.10 Å². The Labute approximate surface area is 155 Å². The first-order valence-electron chi connectivity index (χ1n) is 8.37. The fourth-order valence-electron chi connectivity index (χ4n) is 2.71. The van der Waals surface area contributed by atoms with E-state index in [-0.39, 0.29) is 0 Å². The van der Waals surface area contributed by atoms with Gasteiger partial charge in [-0.25, -0.2) is 4.98 Å². The van der Waals surface area contributed by atoms with Gasteiger partial charge in [-0.1, -0.05) is 29.5 Å². The Morgan fingerprint density at radius 2 is 1.96 bits per heavy atom. The van der Waals surface area contributed by atoms with E-state index >= 15 is 0 Å². The van der Waals surface area contributed by atoms with Crippen molar-refractivity contribution in [3.8, 4) is 11.8 Å². The normalized spacial score (nSPS) is 10.7. The minimum Gasteiger partial charge on any atom is -0.326 e. The number of nitrogens with two attached hydrogens (primary N) is 1. The lowest BCUT2D eigenvalue weighted by atomic mass is 10.1. The van der Waals surface area contributed by atoms with Crippen molar-refractivity contribution in [2.75, 3.05) is 5.32 Å². The van der Waals surface area contributed by atoms with Crippen molar-refractivity contribution in [2.24, 2.45) is 5.73 Å². The number of rotatable bonds is 5. The molecule has 132 valence electrons. The predicted molar refractivity (Wildman–Crippen MR) is 101 cm³/mol. The molecule has 0 unspecified atom stereocenters. The van der Waals surface area contributed by atoms with Gasteiger partial charge in [-0.3, -0.25) is 0 Å². The number of nitrogens with zero attached hydrogens (tertiary/aromatic N) is 6. The van der Waals surface area contributed by atoms with Crippen LogP contribution in [-0.2, 0) is 13.0 Å². The average Bonchev–Trinajstić information content (AvgIpc) is 3.12. The number of anilines is 2. The fraction of sp³-hybridized carbons (Fsp3) is 0.105. The van der Waals surface area contributed by atoms with Gasteiger partial charge in [0.15, 0.2) is 11.2 Å². The summed E-state index contributed by atoms with van der Waals surface area (Å²) in [5.74, 6) is 0.444. The molecule has 0 radical (unpaired) electrons. The van der Waals surface area contributed by atoms with Crippen molar-refractivity contribution in [1.29, 1.82) is 5.26 Å². The lowest BCUT2D eigenvalue weighted by Gasteiger charge is -2.07. The van der Waals surface area contributed by atoms with Crippen LogP contribution < -0.4 is 11.1 Å². The van der Waals surface area contributed by atoms with E-state index in [2.05, 4.69) is 31.7 Å². The number of hydrogen-bond donors (Lipinski definition) is 2. The summed E-state index contributed by atoms with van der Waals surface area (Å²) in [6, 6.07) is 17.5. The maximum absolute atomic E-state index is 8.90. The van der Waals surface area contributed by atoms with Gasteiger partial charge in [0.2, 0.25) is 5.95 Å². The second-order valence-corrected chi connectivity index (χ2v) is 5.93. The molecule has 8 nitrogen and oxygen atoms in total. The third kappa shape index (κ3) is 3.44. The van der Waals surface area contributed by atoms with Crippen molar-refractivity contribution in [3.05, 3.63) is 65.9 Å². The SMILES string of the molecule is N#CCc1cccc(-n2nnc3cnc(Nc4ccc(CN)cc4)nc32)c1. The minimum atomic E-state index is 0.334. The number of benzene rings is 2. The summed E-state index contributed by atoms with van der Waals surface area (Å²) in [4.78, 5) is 8.84.